The van der Waals surface area contributed by atoms with Crippen LogP contribution in [0.2, 0.25) is 0 Å². The molecule has 0 spiro atoms. The molecule has 3 fully saturated rings. The first kappa shape index (κ1) is 14.8. The molecule has 116 valence electrons. The minimum Gasteiger partial charge on any atom is -0.396 e. The zero-order chi connectivity index (χ0) is 14.0. The highest BCUT2D eigenvalue weighted by atomic mass is 16.3. The Morgan fingerprint density at radius 3 is 2.60 bits per heavy atom. The molecule has 0 radical (unpaired) electrons. The average Bonchev–Trinajstić information content (AvgIpc) is 2.47. The number of hydrogen-bond acceptors (Lipinski definition) is 2. The van der Waals surface area contributed by atoms with E-state index in [0.717, 1.165) is 24.3 Å². The van der Waals surface area contributed by atoms with E-state index in [1.165, 1.54) is 70.9 Å². The van der Waals surface area contributed by atoms with Gasteiger partial charge in [0.15, 0.2) is 0 Å². The molecule has 2 heteroatoms. The summed E-state index contributed by atoms with van der Waals surface area (Å²) in [5.41, 5.74) is 0.221. The van der Waals surface area contributed by atoms with Crippen molar-refractivity contribution in [1.29, 1.82) is 0 Å². The molecule has 20 heavy (non-hydrogen) atoms. The number of rotatable bonds is 3. The maximum absolute atomic E-state index is 10.00. The number of likely N-dealkylation sites (tertiary alicyclic amines) is 1. The van der Waals surface area contributed by atoms with Crippen LogP contribution in [0.3, 0.4) is 0 Å². The fourth-order valence-electron chi connectivity index (χ4n) is 5.40. The monoisotopic (exact) mass is 279 g/mol. The van der Waals surface area contributed by atoms with Crippen molar-refractivity contribution in [3.8, 4) is 0 Å². The third kappa shape index (κ3) is 3.22. The predicted molar refractivity (Wildman–Crippen MR) is 83.7 cm³/mol. The van der Waals surface area contributed by atoms with E-state index in [1.54, 1.807) is 0 Å². The van der Waals surface area contributed by atoms with E-state index in [1.807, 2.05) is 0 Å². The molecule has 2 saturated carbocycles. The second-order valence-electron chi connectivity index (χ2n) is 8.19. The summed E-state index contributed by atoms with van der Waals surface area (Å²) in [5.74, 6) is 2.80. The zero-order valence-electron chi connectivity index (χ0n) is 13.3. The van der Waals surface area contributed by atoms with Crippen LogP contribution in [0.1, 0.15) is 64.7 Å². The Labute approximate surface area is 124 Å². The van der Waals surface area contributed by atoms with Crippen LogP contribution < -0.4 is 0 Å². The summed E-state index contributed by atoms with van der Waals surface area (Å²) < 4.78 is 0. The second kappa shape index (κ2) is 6.36. The van der Waals surface area contributed by atoms with Gasteiger partial charge in [0.25, 0.3) is 0 Å². The van der Waals surface area contributed by atoms with Crippen molar-refractivity contribution in [3.63, 3.8) is 0 Å². The summed E-state index contributed by atoms with van der Waals surface area (Å²) in [6.45, 7) is 6.55. The third-order valence-electron chi connectivity index (χ3n) is 6.46. The van der Waals surface area contributed by atoms with E-state index in [2.05, 4.69) is 11.8 Å². The maximum atomic E-state index is 10.00. The highest BCUT2D eigenvalue weighted by Crippen LogP contribution is 2.42. The molecule has 1 N–H and O–H groups in total. The van der Waals surface area contributed by atoms with E-state index in [4.69, 9.17) is 0 Å². The summed E-state index contributed by atoms with van der Waals surface area (Å²) in [5, 5.41) is 10.00. The minimum atomic E-state index is 0.221. The molecule has 1 aliphatic heterocycles. The van der Waals surface area contributed by atoms with Crippen LogP contribution >= 0.6 is 0 Å². The lowest BCUT2D eigenvalue weighted by atomic mass is 9.69. The van der Waals surface area contributed by atoms with Crippen LogP contribution in [0.25, 0.3) is 0 Å². The Bertz CT molecular complexity index is 319. The number of hydrogen-bond donors (Lipinski definition) is 1. The van der Waals surface area contributed by atoms with Gasteiger partial charge in [-0.2, -0.15) is 0 Å². The zero-order valence-corrected chi connectivity index (χ0v) is 13.3. The molecule has 0 bridgehead atoms. The summed E-state index contributed by atoms with van der Waals surface area (Å²) in [4.78, 5) is 2.71. The molecule has 1 heterocycles. The fourth-order valence-corrected chi connectivity index (χ4v) is 5.40. The van der Waals surface area contributed by atoms with Crippen molar-refractivity contribution in [2.45, 2.75) is 64.7 Å². The number of fused-ring (bicyclic) bond motifs is 1. The van der Waals surface area contributed by atoms with E-state index >= 15 is 0 Å². The van der Waals surface area contributed by atoms with E-state index in [9.17, 15) is 5.11 Å². The van der Waals surface area contributed by atoms with Gasteiger partial charge in [0.1, 0.15) is 0 Å². The number of piperidine rings is 1. The van der Waals surface area contributed by atoms with Gasteiger partial charge in [-0.15, -0.1) is 0 Å². The molecule has 4 unspecified atom stereocenters. The Morgan fingerprint density at radius 2 is 1.85 bits per heavy atom. The largest absolute Gasteiger partial charge is 0.396 e. The first-order valence-electron chi connectivity index (χ1n) is 9.04. The summed E-state index contributed by atoms with van der Waals surface area (Å²) in [6, 6.07) is 0. The van der Waals surface area contributed by atoms with Gasteiger partial charge < -0.3 is 10.0 Å². The topological polar surface area (TPSA) is 23.5 Å². The predicted octanol–water partition coefficient (Wildman–Crippen LogP) is 3.69. The molecule has 0 aromatic rings. The Hall–Kier alpha value is -0.0800. The standard InChI is InChI=1S/C18H33NO/c1-15-5-4-9-18(11-15,14-20)13-19-10-8-16-6-2-3-7-17(16)12-19/h15-17,20H,2-14H2,1H3. The minimum absolute atomic E-state index is 0.221. The number of nitrogens with zero attached hydrogens (tertiary/aromatic N) is 1. The average molecular weight is 279 g/mol. The van der Waals surface area contributed by atoms with Crippen LogP contribution in [0, 0.1) is 23.2 Å². The summed E-state index contributed by atoms with van der Waals surface area (Å²) >= 11 is 0. The summed E-state index contributed by atoms with van der Waals surface area (Å²) in [7, 11) is 0. The molecule has 1 saturated heterocycles. The normalized spacial score (nSPS) is 43.2. The van der Waals surface area contributed by atoms with Crippen molar-refractivity contribution in [1.82, 2.24) is 4.90 Å². The molecule has 0 aromatic carbocycles. The number of aliphatic hydroxyl groups excluding tert-OH is 1. The molecule has 3 rings (SSSR count). The van der Waals surface area contributed by atoms with Crippen molar-refractivity contribution in [2.75, 3.05) is 26.2 Å². The Kier molecular flexibility index (Phi) is 4.72. The van der Waals surface area contributed by atoms with Crippen LogP contribution in [0.5, 0.6) is 0 Å². The molecule has 2 nitrogen and oxygen atoms in total. The van der Waals surface area contributed by atoms with Gasteiger partial charge in [0.05, 0.1) is 0 Å². The lowest BCUT2D eigenvalue weighted by Gasteiger charge is -2.47. The number of aliphatic hydroxyl groups is 1. The lowest BCUT2D eigenvalue weighted by Crippen LogP contribution is -2.49. The lowest BCUT2D eigenvalue weighted by molar-refractivity contribution is -0.00378. The molecule has 3 aliphatic rings. The Morgan fingerprint density at radius 1 is 1.05 bits per heavy atom. The van der Waals surface area contributed by atoms with Gasteiger partial charge in [0.2, 0.25) is 0 Å². The Balaban J connectivity index is 1.59. The van der Waals surface area contributed by atoms with Gasteiger partial charge in [-0.25, -0.2) is 0 Å². The van der Waals surface area contributed by atoms with Gasteiger partial charge in [-0.3, -0.25) is 0 Å². The quantitative estimate of drug-likeness (QED) is 0.851. The van der Waals surface area contributed by atoms with E-state index in [0.29, 0.717) is 6.61 Å². The SMILES string of the molecule is CC1CCCC(CO)(CN2CCC3CCCCC3C2)C1. The van der Waals surface area contributed by atoms with Crippen molar-refractivity contribution in [2.24, 2.45) is 23.2 Å². The highest BCUT2D eigenvalue weighted by Gasteiger charge is 2.38. The molecular weight excluding hydrogens is 246 g/mol. The van der Waals surface area contributed by atoms with E-state index in [-0.39, 0.29) is 5.41 Å². The van der Waals surface area contributed by atoms with Crippen molar-refractivity contribution in [3.05, 3.63) is 0 Å². The van der Waals surface area contributed by atoms with E-state index < -0.39 is 0 Å². The third-order valence-corrected chi connectivity index (χ3v) is 6.46. The molecule has 4 atom stereocenters. The van der Waals surface area contributed by atoms with Crippen molar-refractivity contribution >= 4 is 0 Å². The van der Waals surface area contributed by atoms with Gasteiger partial charge in [-0.05, 0) is 50.0 Å². The van der Waals surface area contributed by atoms with Crippen LogP contribution in [0.15, 0.2) is 0 Å². The highest BCUT2D eigenvalue weighted by molar-refractivity contribution is 4.91. The molecular formula is C18H33NO. The maximum Gasteiger partial charge on any atom is 0.0499 e. The second-order valence-corrected chi connectivity index (χ2v) is 8.19. The molecule has 2 aliphatic carbocycles. The van der Waals surface area contributed by atoms with Gasteiger partial charge >= 0.3 is 0 Å². The van der Waals surface area contributed by atoms with Gasteiger partial charge in [0, 0.05) is 25.1 Å². The first-order valence-corrected chi connectivity index (χ1v) is 9.04. The fraction of sp³-hybridized carbons (Fsp3) is 1.00. The molecule has 0 aromatic heterocycles. The smallest absolute Gasteiger partial charge is 0.0499 e. The van der Waals surface area contributed by atoms with Crippen LogP contribution in [-0.4, -0.2) is 36.2 Å². The van der Waals surface area contributed by atoms with Crippen molar-refractivity contribution < 1.29 is 5.11 Å². The summed E-state index contributed by atoms with van der Waals surface area (Å²) in [6.07, 6.45) is 12.5. The van der Waals surface area contributed by atoms with Gasteiger partial charge in [-0.1, -0.05) is 39.0 Å². The first-order chi connectivity index (χ1) is 9.71. The van der Waals surface area contributed by atoms with Crippen LogP contribution in [0.4, 0.5) is 0 Å². The molecule has 0 amide bonds. The van der Waals surface area contributed by atoms with Crippen LogP contribution in [-0.2, 0) is 0 Å².